The highest BCUT2D eigenvalue weighted by Crippen LogP contribution is 2.38. The van der Waals surface area contributed by atoms with Gasteiger partial charge in [0.05, 0.1) is 21.4 Å². The van der Waals surface area contributed by atoms with Gasteiger partial charge >= 0.3 is 0 Å². The molecule has 0 radical (unpaired) electrons. The van der Waals surface area contributed by atoms with Crippen LogP contribution in [-0.4, -0.2) is 24.1 Å². The molecule has 1 aliphatic heterocycles. The van der Waals surface area contributed by atoms with Gasteiger partial charge in [-0.1, -0.05) is 0 Å². The Morgan fingerprint density at radius 2 is 1.96 bits per heavy atom. The van der Waals surface area contributed by atoms with E-state index < -0.39 is 0 Å². The lowest BCUT2D eigenvalue weighted by Crippen LogP contribution is -2.17. The summed E-state index contributed by atoms with van der Waals surface area (Å²) < 4.78 is 12.8. The van der Waals surface area contributed by atoms with Crippen LogP contribution in [0.4, 0.5) is 5.69 Å². The minimum Gasteiger partial charge on any atom is -0.486 e. The predicted molar refractivity (Wildman–Crippen MR) is 92.7 cm³/mol. The maximum atomic E-state index is 12.5. The Kier molecular flexibility index (Phi) is 3.66. The van der Waals surface area contributed by atoms with E-state index in [-0.39, 0.29) is 5.91 Å². The molecule has 2 heterocycles. The second kappa shape index (κ2) is 5.82. The Balaban J connectivity index is 1.63. The van der Waals surface area contributed by atoms with Crippen LogP contribution < -0.4 is 14.8 Å². The van der Waals surface area contributed by atoms with Crippen LogP contribution in [0.5, 0.6) is 11.5 Å². The molecule has 1 amide bonds. The minimum atomic E-state index is -0.183. The Hall–Kier alpha value is -2.12. The van der Waals surface area contributed by atoms with Gasteiger partial charge in [0.15, 0.2) is 11.5 Å². The number of thiazole rings is 1. The molecule has 2 aromatic carbocycles. The Morgan fingerprint density at radius 1 is 1.17 bits per heavy atom. The summed E-state index contributed by atoms with van der Waals surface area (Å²) in [6.07, 6.45) is 0. The Labute approximate surface area is 144 Å². The molecule has 7 heteroatoms. The highest BCUT2D eigenvalue weighted by atomic mass is 79.9. The molecule has 0 bridgehead atoms. The average Bonchev–Trinajstić information content (AvgIpc) is 3.03. The number of halogens is 1. The molecule has 1 aromatic heterocycles. The van der Waals surface area contributed by atoms with Gasteiger partial charge < -0.3 is 14.8 Å². The van der Waals surface area contributed by atoms with Crippen molar-refractivity contribution in [3.8, 4) is 11.5 Å². The van der Waals surface area contributed by atoms with Gasteiger partial charge in [0.2, 0.25) is 0 Å². The molecule has 23 heavy (non-hydrogen) atoms. The number of amides is 1. The van der Waals surface area contributed by atoms with Crippen molar-refractivity contribution in [2.45, 2.75) is 0 Å². The normalized spacial score (nSPS) is 13.1. The second-order valence-electron chi connectivity index (χ2n) is 4.96. The van der Waals surface area contributed by atoms with E-state index in [0.29, 0.717) is 36.0 Å². The summed E-state index contributed by atoms with van der Waals surface area (Å²) in [5.74, 6) is 1.12. The van der Waals surface area contributed by atoms with Crippen molar-refractivity contribution in [2.75, 3.05) is 18.5 Å². The van der Waals surface area contributed by atoms with Crippen molar-refractivity contribution >= 4 is 49.1 Å². The van der Waals surface area contributed by atoms with Crippen molar-refractivity contribution in [1.29, 1.82) is 0 Å². The van der Waals surface area contributed by atoms with E-state index in [4.69, 9.17) is 9.47 Å². The number of carbonyl (C=O) groups excluding carboxylic acids is 1. The summed E-state index contributed by atoms with van der Waals surface area (Å²) in [6.45, 7) is 1.03. The van der Waals surface area contributed by atoms with E-state index in [1.165, 1.54) is 11.3 Å². The van der Waals surface area contributed by atoms with E-state index in [0.717, 1.165) is 14.7 Å². The van der Waals surface area contributed by atoms with Gasteiger partial charge in [-0.05, 0) is 34.1 Å². The van der Waals surface area contributed by atoms with Gasteiger partial charge in [-0.15, -0.1) is 11.3 Å². The molecule has 0 saturated carbocycles. The molecule has 3 aromatic rings. The first kappa shape index (κ1) is 14.5. The standard InChI is InChI=1S/C16H11BrN2O3S/c17-10-6-13-14(22-4-3-21-13)7-12(10)19-16(20)9-1-2-11-15(5-9)23-8-18-11/h1-2,5-8H,3-4H2,(H,19,20). The van der Waals surface area contributed by atoms with Crippen LogP contribution in [0.15, 0.2) is 40.3 Å². The summed E-state index contributed by atoms with van der Waals surface area (Å²) in [5.41, 5.74) is 3.89. The van der Waals surface area contributed by atoms with E-state index in [9.17, 15) is 4.79 Å². The fraction of sp³-hybridized carbons (Fsp3) is 0.125. The van der Waals surface area contributed by atoms with Gasteiger partial charge in [0, 0.05) is 22.2 Å². The SMILES string of the molecule is O=C(Nc1cc2c(cc1Br)OCCO2)c1ccc2ncsc2c1. The van der Waals surface area contributed by atoms with Crippen molar-refractivity contribution < 1.29 is 14.3 Å². The quantitative estimate of drug-likeness (QED) is 0.715. The number of anilines is 1. The zero-order chi connectivity index (χ0) is 15.8. The maximum Gasteiger partial charge on any atom is 0.255 e. The van der Waals surface area contributed by atoms with Crippen molar-refractivity contribution in [3.63, 3.8) is 0 Å². The monoisotopic (exact) mass is 390 g/mol. The summed E-state index contributed by atoms with van der Waals surface area (Å²) in [7, 11) is 0. The zero-order valence-corrected chi connectivity index (χ0v) is 14.2. The largest absolute Gasteiger partial charge is 0.486 e. The molecular formula is C16H11BrN2O3S. The van der Waals surface area contributed by atoms with Crippen molar-refractivity contribution in [3.05, 3.63) is 45.9 Å². The predicted octanol–water partition coefficient (Wildman–Crippen LogP) is 4.08. The van der Waals surface area contributed by atoms with Crippen molar-refractivity contribution in [2.24, 2.45) is 0 Å². The van der Waals surface area contributed by atoms with E-state index in [1.54, 1.807) is 23.7 Å². The van der Waals surface area contributed by atoms with Crippen LogP contribution in [-0.2, 0) is 0 Å². The molecule has 1 aliphatic rings. The maximum absolute atomic E-state index is 12.5. The molecule has 116 valence electrons. The van der Waals surface area contributed by atoms with Crippen molar-refractivity contribution in [1.82, 2.24) is 4.98 Å². The Morgan fingerprint density at radius 3 is 2.78 bits per heavy atom. The lowest BCUT2D eigenvalue weighted by atomic mass is 10.2. The van der Waals surface area contributed by atoms with Crippen LogP contribution >= 0.6 is 27.3 Å². The molecule has 0 aliphatic carbocycles. The third-order valence-electron chi connectivity index (χ3n) is 3.47. The van der Waals surface area contributed by atoms with E-state index in [1.807, 2.05) is 12.1 Å². The molecule has 0 spiro atoms. The summed E-state index contributed by atoms with van der Waals surface area (Å²) in [6, 6.07) is 9.02. The highest BCUT2D eigenvalue weighted by molar-refractivity contribution is 9.10. The van der Waals surface area contributed by atoms with E-state index >= 15 is 0 Å². The summed E-state index contributed by atoms with van der Waals surface area (Å²) in [4.78, 5) is 16.7. The van der Waals surface area contributed by atoms with Crippen LogP contribution in [0.1, 0.15) is 10.4 Å². The average molecular weight is 391 g/mol. The number of nitrogens with one attached hydrogen (secondary N) is 1. The van der Waals surface area contributed by atoms with Crippen LogP contribution in [0.25, 0.3) is 10.2 Å². The van der Waals surface area contributed by atoms with Gasteiger partial charge in [0.1, 0.15) is 13.2 Å². The number of ether oxygens (including phenoxy) is 2. The third-order valence-corrected chi connectivity index (χ3v) is 4.92. The number of aromatic nitrogens is 1. The first-order valence-corrected chi connectivity index (χ1v) is 8.62. The lowest BCUT2D eigenvalue weighted by Gasteiger charge is -2.20. The summed E-state index contributed by atoms with van der Waals surface area (Å²) in [5, 5.41) is 2.90. The number of hydrogen-bond donors (Lipinski definition) is 1. The first-order chi connectivity index (χ1) is 11.2. The van der Waals surface area contributed by atoms with Gasteiger partial charge in [0.25, 0.3) is 5.91 Å². The fourth-order valence-electron chi connectivity index (χ4n) is 2.35. The smallest absolute Gasteiger partial charge is 0.255 e. The number of hydrogen-bond acceptors (Lipinski definition) is 5. The third kappa shape index (κ3) is 2.77. The van der Waals surface area contributed by atoms with E-state index in [2.05, 4.69) is 26.2 Å². The number of nitrogens with zero attached hydrogens (tertiary/aromatic N) is 1. The number of carbonyl (C=O) groups is 1. The topological polar surface area (TPSA) is 60.5 Å². The molecule has 0 unspecified atom stereocenters. The minimum absolute atomic E-state index is 0.183. The van der Waals surface area contributed by atoms with Crippen LogP contribution in [0.3, 0.4) is 0 Å². The molecule has 0 fully saturated rings. The van der Waals surface area contributed by atoms with Gasteiger partial charge in [-0.2, -0.15) is 0 Å². The molecule has 0 atom stereocenters. The van der Waals surface area contributed by atoms with Gasteiger partial charge in [-0.25, -0.2) is 4.98 Å². The number of benzene rings is 2. The van der Waals surface area contributed by atoms with Crippen LogP contribution in [0, 0.1) is 0 Å². The molecule has 5 nitrogen and oxygen atoms in total. The first-order valence-electron chi connectivity index (χ1n) is 6.94. The fourth-order valence-corrected chi connectivity index (χ4v) is 3.49. The highest BCUT2D eigenvalue weighted by Gasteiger charge is 2.17. The second-order valence-corrected chi connectivity index (χ2v) is 6.71. The van der Waals surface area contributed by atoms with Gasteiger partial charge in [-0.3, -0.25) is 4.79 Å². The zero-order valence-electron chi connectivity index (χ0n) is 11.8. The van der Waals surface area contributed by atoms with Crippen LogP contribution in [0.2, 0.25) is 0 Å². The molecule has 0 saturated heterocycles. The molecule has 1 N–H and O–H groups in total. The number of rotatable bonds is 2. The summed E-state index contributed by atoms with van der Waals surface area (Å²) >= 11 is 4.96. The number of fused-ring (bicyclic) bond motifs is 2. The Bertz CT molecular complexity index is 909. The lowest BCUT2D eigenvalue weighted by molar-refractivity contribution is 0.102. The molecule has 4 rings (SSSR count). The molecular weight excluding hydrogens is 380 g/mol.